The summed E-state index contributed by atoms with van der Waals surface area (Å²) >= 11 is 0. The fraction of sp³-hybridized carbons (Fsp3) is 0.533. The second-order valence-electron chi connectivity index (χ2n) is 11.0. The molecule has 0 unspecified atom stereocenters. The van der Waals surface area contributed by atoms with Crippen LogP contribution in [0.4, 0.5) is 0 Å². The summed E-state index contributed by atoms with van der Waals surface area (Å²) in [7, 11) is 3.35. The normalized spacial score (nSPS) is 29.5. The Bertz CT molecular complexity index is 1330. The van der Waals surface area contributed by atoms with Gasteiger partial charge in [-0.3, -0.25) is 9.59 Å². The number of carboxylic acids is 1. The number of carboxylic acid groups (broad SMARTS) is 1. The highest BCUT2D eigenvalue weighted by Crippen LogP contribution is 2.46. The Morgan fingerprint density at radius 1 is 1.20 bits per heavy atom. The van der Waals surface area contributed by atoms with Crippen molar-refractivity contribution in [3.05, 3.63) is 36.4 Å². The first-order valence-electron chi connectivity index (χ1n) is 14.0. The number of carbonyl (C=O) groups is 3. The van der Waals surface area contributed by atoms with Crippen LogP contribution in [0.15, 0.2) is 36.4 Å². The van der Waals surface area contributed by atoms with Gasteiger partial charge in [0.05, 0.1) is 31.1 Å². The first-order valence-corrected chi connectivity index (χ1v) is 14.0. The van der Waals surface area contributed by atoms with E-state index in [2.05, 4.69) is 10.3 Å². The van der Waals surface area contributed by atoms with E-state index in [4.69, 9.17) is 14.2 Å². The molecule has 10 nitrogen and oxygen atoms in total. The van der Waals surface area contributed by atoms with Crippen LogP contribution < -0.4 is 19.5 Å². The molecule has 2 saturated carbocycles. The van der Waals surface area contributed by atoms with E-state index in [1.54, 1.807) is 31.2 Å². The fourth-order valence-corrected chi connectivity index (χ4v) is 5.97. The van der Waals surface area contributed by atoms with E-state index >= 15 is 0 Å². The Hall–Kier alpha value is -3.82. The smallest absolute Gasteiger partial charge is 0.330 e. The Balaban J connectivity index is 1.44. The Morgan fingerprint density at radius 3 is 2.75 bits per heavy atom. The number of aromatic nitrogens is 1. The zero-order valence-corrected chi connectivity index (χ0v) is 23.2. The fourth-order valence-electron chi connectivity index (χ4n) is 5.97. The highest BCUT2D eigenvalue weighted by Gasteiger charge is 2.61. The molecule has 1 aromatic carbocycles. The number of ether oxygens (including phenoxy) is 3. The van der Waals surface area contributed by atoms with Crippen molar-refractivity contribution in [2.24, 2.45) is 17.8 Å². The molecule has 1 aliphatic heterocycles. The SMILES string of the molecule is CCOc1cc(O[C@@H]2C[C@H]3C(=O)N[C@]4(C(=O)O)C[C@H]4/C=C\CCCCN(C)C(=O)[C@@H]3C2)c2ccc(OC)cc2n1. The van der Waals surface area contributed by atoms with Gasteiger partial charge >= 0.3 is 5.97 Å². The molecule has 40 heavy (non-hydrogen) atoms. The number of nitrogens with one attached hydrogen (secondary N) is 1. The zero-order chi connectivity index (χ0) is 28.4. The van der Waals surface area contributed by atoms with Gasteiger partial charge in [-0.15, -0.1) is 0 Å². The van der Waals surface area contributed by atoms with Crippen molar-refractivity contribution in [1.29, 1.82) is 0 Å². The number of hydrogen-bond donors (Lipinski definition) is 2. The van der Waals surface area contributed by atoms with E-state index in [1.165, 1.54) is 0 Å². The van der Waals surface area contributed by atoms with Gasteiger partial charge in [0.1, 0.15) is 23.1 Å². The monoisotopic (exact) mass is 551 g/mol. The van der Waals surface area contributed by atoms with Crippen molar-refractivity contribution in [3.63, 3.8) is 0 Å². The average Bonchev–Trinajstić information content (AvgIpc) is 3.47. The number of allylic oxidation sites excluding steroid dienone is 1. The standard InChI is InChI=1S/C30H37N3O7/c1-4-39-26-16-25(21-11-10-19(38-3)15-24(21)31-26)40-20-13-22-23(14-20)28(35)33(2)12-8-6-5-7-9-18-17-30(18,29(36)37)32-27(22)34/h7,9-11,15-16,18,20,22-23H,4-6,8,12-14,17H2,1-3H3,(H,32,34)(H,36,37)/b9-7-/t18-,20-,22-,23-,30-/m1/s1. The highest BCUT2D eigenvalue weighted by molar-refractivity contribution is 5.94. The molecule has 3 aliphatic rings. The molecule has 0 spiro atoms. The van der Waals surface area contributed by atoms with Gasteiger partial charge in [-0.1, -0.05) is 12.2 Å². The second-order valence-corrected chi connectivity index (χ2v) is 11.0. The minimum atomic E-state index is -1.32. The molecular formula is C30H37N3O7. The minimum Gasteiger partial charge on any atom is -0.497 e. The van der Waals surface area contributed by atoms with Gasteiger partial charge in [-0.05, 0) is 57.6 Å². The number of rotatable bonds is 6. The molecule has 0 saturated heterocycles. The van der Waals surface area contributed by atoms with Crippen molar-refractivity contribution in [1.82, 2.24) is 15.2 Å². The number of carbonyl (C=O) groups excluding carboxylic acids is 2. The van der Waals surface area contributed by atoms with E-state index in [1.807, 2.05) is 31.2 Å². The summed E-state index contributed by atoms with van der Waals surface area (Å²) in [5.41, 5.74) is -0.676. The van der Waals surface area contributed by atoms with Crippen molar-refractivity contribution in [3.8, 4) is 17.4 Å². The number of nitrogens with zero attached hydrogens (tertiary/aromatic N) is 2. The number of hydrogen-bond acceptors (Lipinski definition) is 7. The van der Waals surface area contributed by atoms with E-state index in [0.717, 1.165) is 24.6 Å². The highest BCUT2D eigenvalue weighted by atomic mass is 16.5. The molecule has 10 heteroatoms. The zero-order valence-electron chi connectivity index (χ0n) is 23.2. The predicted molar refractivity (Wildman–Crippen MR) is 147 cm³/mol. The summed E-state index contributed by atoms with van der Waals surface area (Å²) in [5.74, 6) is -1.55. The van der Waals surface area contributed by atoms with E-state index < -0.39 is 35.4 Å². The van der Waals surface area contributed by atoms with Crippen LogP contribution in [0.3, 0.4) is 0 Å². The van der Waals surface area contributed by atoms with Crippen LogP contribution in [-0.4, -0.2) is 71.7 Å². The molecule has 2 fully saturated rings. The van der Waals surface area contributed by atoms with Crippen LogP contribution in [0.1, 0.15) is 45.4 Å². The van der Waals surface area contributed by atoms with Crippen molar-refractivity contribution >= 4 is 28.7 Å². The molecule has 2 aromatic rings. The third-order valence-electron chi connectivity index (χ3n) is 8.32. The lowest BCUT2D eigenvalue weighted by atomic mass is 9.93. The summed E-state index contributed by atoms with van der Waals surface area (Å²) in [6, 6.07) is 7.21. The first-order chi connectivity index (χ1) is 19.3. The maximum Gasteiger partial charge on any atom is 0.330 e. The number of amides is 2. The molecule has 5 rings (SSSR count). The third kappa shape index (κ3) is 5.44. The number of aliphatic carboxylic acids is 1. The van der Waals surface area contributed by atoms with Gasteiger partial charge in [0.2, 0.25) is 17.7 Å². The molecule has 1 aromatic heterocycles. The lowest BCUT2D eigenvalue weighted by Crippen LogP contribution is -2.49. The quantitative estimate of drug-likeness (QED) is 0.522. The lowest BCUT2D eigenvalue weighted by Gasteiger charge is -2.26. The van der Waals surface area contributed by atoms with E-state index in [0.29, 0.717) is 48.9 Å². The van der Waals surface area contributed by atoms with Crippen molar-refractivity contribution < 1.29 is 33.7 Å². The summed E-state index contributed by atoms with van der Waals surface area (Å²) in [4.78, 5) is 45.7. The molecule has 2 heterocycles. The van der Waals surface area contributed by atoms with Crippen LogP contribution in [0.2, 0.25) is 0 Å². The molecule has 5 atom stereocenters. The molecule has 2 N–H and O–H groups in total. The maximum absolute atomic E-state index is 13.6. The Labute approximate surface area is 233 Å². The minimum absolute atomic E-state index is 0.116. The van der Waals surface area contributed by atoms with Crippen LogP contribution in [0, 0.1) is 17.8 Å². The van der Waals surface area contributed by atoms with Crippen LogP contribution in [0.5, 0.6) is 17.4 Å². The number of benzene rings is 1. The van der Waals surface area contributed by atoms with Crippen LogP contribution in [0.25, 0.3) is 10.9 Å². The largest absolute Gasteiger partial charge is 0.497 e. The summed E-state index contributed by atoms with van der Waals surface area (Å²) in [6.45, 7) is 2.90. The number of methoxy groups -OCH3 is 1. The van der Waals surface area contributed by atoms with Crippen molar-refractivity contribution in [2.45, 2.75) is 57.1 Å². The maximum atomic E-state index is 13.6. The van der Waals surface area contributed by atoms with Gasteiger partial charge in [-0.25, -0.2) is 9.78 Å². The Kier molecular flexibility index (Phi) is 7.87. The van der Waals surface area contributed by atoms with E-state index in [-0.39, 0.29) is 18.2 Å². The van der Waals surface area contributed by atoms with Gasteiger partial charge in [0, 0.05) is 37.0 Å². The average molecular weight is 552 g/mol. The van der Waals surface area contributed by atoms with Crippen LogP contribution >= 0.6 is 0 Å². The molecule has 214 valence electrons. The van der Waals surface area contributed by atoms with E-state index in [9.17, 15) is 19.5 Å². The molecule has 0 bridgehead atoms. The summed E-state index contributed by atoms with van der Waals surface area (Å²) in [6.07, 6.45) is 6.97. The first kappa shape index (κ1) is 27.7. The third-order valence-corrected chi connectivity index (χ3v) is 8.32. The second kappa shape index (κ2) is 11.3. The topological polar surface area (TPSA) is 127 Å². The Morgan fingerprint density at radius 2 is 2.00 bits per heavy atom. The van der Waals surface area contributed by atoms with Gasteiger partial charge in [0.15, 0.2) is 0 Å². The number of fused-ring (bicyclic) bond motifs is 3. The van der Waals surface area contributed by atoms with Gasteiger partial charge in [0.25, 0.3) is 0 Å². The number of pyridine rings is 1. The summed E-state index contributed by atoms with van der Waals surface area (Å²) in [5, 5.41) is 13.6. The molecule has 0 radical (unpaired) electrons. The molecule has 2 aliphatic carbocycles. The lowest BCUT2D eigenvalue weighted by molar-refractivity contribution is -0.145. The summed E-state index contributed by atoms with van der Waals surface area (Å²) < 4.78 is 17.5. The van der Waals surface area contributed by atoms with Crippen molar-refractivity contribution in [2.75, 3.05) is 27.3 Å². The van der Waals surface area contributed by atoms with Gasteiger partial charge in [-0.2, -0.15) is 0 Å². The molecule has 2 amide bonds. The molecular weight excluding hydrogens is 514 g/mol. The van der Waals surface area contributed by atoms with Gasteiger partial charge < -0.3 is 29.5 Å². The van der Waals surface area contributed by atoms with Crippen LogP contribution in [-0.2, 0) is 14.4 Å². The predicted octanol–water partition coefficient (Wildman–Crippen LogP) is 3.57.